The number of aromatic nitrogens is 1. The Kier molecular flexibility index (Phi) is 8.20. The highest BCUT2D eigenvalue weighted by Gasteiger charge is 2.52. The van der Waals surface area contributed by atoms with E-state index >= 15 is 0 Å². The number of rotatable bonds is 6. The van der Waals surface area contributed by atoms with Gasteiger partial charge in [0.1, 0.15) is 5.82 Å². The summed E-state index contributed by atoms with van der Waals surface area (Å²) in [4.78, 5) is 9.84. The second kappa shape index (κ2) is 14.6. The highest BCUT2D eigenvalue weighted by molar-refractivity contribution is 6.25. The molecule has 11 aromatic carbocycles. The summed E-state index contributed by atoms with van der Waals surface area (Å²) in [6, 6.07) is 89.4. The molecule has 2 aliphatic carbocycles. The van der Waals surface area contributed by atoms with Crippen LogP contribution >= 0.6 is 0 Å². The lowest BCUT2D eigenvalue weighted by Crippen LogP contribution is -2.26. The van der Waals surface area contributed by atoms with Crippen molar-refractivity contribution in [3.63, 3.8) is 0 Å². The van der Waals surface area contributed by atoms with Crippen LogP contribution in [0.25, 0.3) is 65.3 Å². The monoisotopic (exact) mass is 851 g/mol. The molecule has 3 nitrogen and oxygen atoms in total. The molecular formula is C64H41N3. The Labute approximate surface area is 389 Å². The van der Waals surface area contributed by atoms with E-state index in [2.05, 4.69) is 246 Å². The molecule has 12 aromatic rings. The van der Waals surface area contributed by atoms with Gasteiger partial charge in [0, 0.05) is 33.9 Å². The highest BCUT2D eigenvalue weighted by atomic mass is 15.2. The fraction of sp³-hybridized carbons (Fsp3) is 0.0156. The minimum atomic E-state index is -0.458. The van der Waals surface area contributed by atoms with Gasteiger partial charge in [-0.3, -0.25) is 4.90 Å². The fourth-order valence-electron chi connectivity index (χ4n) is 11.8. The number of anilines is 6. The van der Waals surface area contributed by atoms with Crippen molar-refractivity contribution in [1.82, 2.24) is 4.98 Å². The lowest BCUT2D eigenvalue weighted by atomic mass is 9.70. The van der Waals surface area contributed by atoms with Gasteiger partial charge in [-0.15, -0.1) is 0 Å². The van der Waals surface area contributed by atoms with Gasteiger partial charge < -0.3 is 4.90 Å². The Bertz CT molecular complexity index is 3900. The molecule has 3 heteroatoms. The number of nitrogens with zero attached hydrogens (tertiary/aromatic N) is 3. The first kappa shape index (κ1) is 37.6. The lowest BCUT2D eigenvalue weighted by Gasteiger charge is -2.32. The van der Waals surface area contributed by atoms with Gasteiger partial charge in [0.15, 0.2) is 0 Å². The maximum absolute atomic E-state index is 4.98. The summed E-state index contributed by atoms with van der Waals surface area (Å²) in [6.45, 7) is 0. The second-order valence-electron chi connectivity index (χ2n) is 17.8. The minimum absolute atomic E-state index is 0.458. The number of fused-ring (bicyclic) bond motifs is 16. The zero-order valence-corrected chi connectivity index (χ0v) is 36.5. The van der Waals surface area contributed by atoms with Crippen LogP contribution in [0.2, 0.25) is 0 Å². The average molecular weight is 852 g/mol. The number of benzene rings is 11. The number of hydrogen-bond donors (Lipinski definition) is 0. The molecule has 0 amide bonds. The Morgan fingerprint density at radius 2 is 0.821 bits per heavy atom. The quantitative estimate of drug-likeness (QED) is 0.155. The molecule has 1 aromatic heterocycles. The first-order valence-electron chi connectivity index (χ1n) is 23.1. The Hall–Kier alpha value is -8.79. The molecular weight excluding hydrogens is 811 g/mol. The first-order chi connectivity index (χ1) is 33.3. The van der Waals surface area contributed by atoms with Gasteiger partial charge in [-0.2, -0.15) is 0 Å². The molecule has 0 atom stereocenters. The van der Waals surface area contributed by atoms with E-state index in [0.29, 0.717) is 0 Å². The van der Waals surface area contributed by atoms with Crippen molar-refractivity contribution in [2.75, 3.05) is 9.80 Å². The Morgan fingerprint density at radius 3 is 1.48 bits per heavy atom. The van der Waals surface area contributed by atoms with Crippen LogP contribution in [-0.4, -0.2) is 4.98 Å². The van der Waals surface area contributed by atoms with Gasteiger partial charge in [0.2, 0.25) is 0 Å². The third-order valence-electron chi connectivity index (χ3n) is 14.4. The van der Waals surface area contributed by atoms with Gasteiger partial charge >= 0.3 is 0 Å². The van der Waals surface area contributed by atoms with E-state index in [4.69, 9.17) is 4.98 Å². The van der Waals surface area contributed by atoms with E-state index in [1.807, 2.05) is 12.3 Å². The zero-order valence-electron chi connectivity index (χ0n) is 36.5. The average Bonchev–Trinajstić information content (AvgIpc) is 3.87. The van der Waals surface area contributed by atoms with E-state index in [1.54, 1.807) is 0 Å². The zero-order chi connectivity index (χ0) is 44.1. The highest BCUT2D eigenvalue weighted by Crippen LogP contribution is 2.65. The van der Waals surface area contributed by atoms with Crippen LogP contribution in [0.3, 0.4) is 0 Å². The van der Waals surface area contributed by atoms with E-state index in [-0.39, 0.29) is 0 Å². The van der Waals surface area contributed by atoms with Crippen molar-refractivity contribution in [2.45, 2.75) is 5.41 Å². The summed E-state index contributed by atoms with van der Waals surface area (Å²) in [5, 5.41) is 9.45. The number of hydrogen-bond acceptors (Lipinski definition) is 3. The van der Waals surface area contributed by atoms with Crippen molar-refractivity contribution in [1.29, 1.82) is 0 Å². The van der Waals surface area contributed by atoms with Crippen LogP contribution in [0.15, 0.2) is 249 Å². The molecule has 0 saturated carbocycles. The summed E-state index contributed by atoms with van der Waals surface area (Å²) in [5.41, 5.74) is 15.5. The molecule has 1 spiro atoms. The molecule has 0 unspecified atom stereocenters. The molecule has 67 heavy (non-hydrogen) atoms. The van der Waals surface area contributed by atoms with Crippen molar-refractivity contribution in [2.24, 2.45) is 0 Å². The van der Waals surface area contributed by atoms with Gasteiger partial charge in [-0.05, 0) is 126 Å². The molecule has 0 fully saturated rings. The molecule has 0 radical (unpaired) electrons. The van der Waals surface area contributed by atoms with Gasteiger partial charge in [0.05, 0.1) is 22.5 Å². The lowest BCUT2D eigenvalue weighted by molar-refractivity contribution is 0.794. The van der Waals surface area contributed by atoms with Crippen molar-refractivity contribution < 1.29 is 0 Å². The van der Waals surface area contributed by atoms with Crippen molar-refractivity contribution >= 4 is 77.3 Å². The minimum Gasteiger partial charge on any atom is -0.309 e. The summed E-state index contributed by atoms with van der Waals surface area (Å²) < 4.78 is 0. The van der Waals surface area contributed by atoms with E-state index in [0.717, 1.165) is 39.6 Å². The van der Waals surface area contributed by atoms with E-state index < -0.39 is 5.41 Å². The smallest absolute Gasteiger partial charge is 0.137 e. The predicted molar refractivity (Wildman–Crippen MR) is 280 cm³/mol. The largest absolute Gasteiger partial charge is 0.309 e. The molecule has 0 bridgehead atoms. The summed E-state index contributed by atoms with van der Waals surface area (Å²) in [5.74, 6) is 0.863. The maximum atomic E-state index is 4.98. The fourth-order valence-corrected chi connectivity index (χ4v) is 11.8. The number of para-hydroxylation sites is 1. The topological polar surface area (TPSA) is 19.4 Å². The maximum Gasteiger partial charge on any atom is 0.137 e. The van der Waals surface area contributed by atoms with Crippen LogP contribution in [0.1, 0.15) is 22.3 Å². The van der Waals surface area contributed by atoms with Crippen LogP contribution in [0, 0.1) is 0 Å². The molecule has 14 rings (SSSR count). The van der Waals surface area contributed by atoms with Gasteiger partial charge in [-0.25, -0.2) is 4.98 Å². The molecule has 0 saturated heterocycles. The van der Waals surface area contributed by atoms with Gasteiger partial charge in [-0.1, -0.05) is 188 Å². The molecule has 0 aliphatic heterocycles. The van der Waals surface area contributed by atoms with Crippen molar-refractivity contribution in [3.05, 3.63) is 271 Å². The summed E-state index contributed by atoms with van der Waals surface area (Å²) in [6.07, 6.45) is 1.89. The van der Waals surface area contributed by atoms with Crippen LogP contribution in [-0.2, 0) is 5.41 Å². The number of pyridine rings is 1. The van der Waals surface area contributed by atoms with E-state index in [9.17, 15) is 0 Å². The summed E-state index contributed by atoms with van der Waals surface area (Å²) >= 11 is 0. The van der Waals surface area contributed by atoms with E-state index in [1.165, 1.54) is 82.2 Å². The third kappa shape index (κ3) is 5.37. The second-order valence-corrected chi connectivity index (χ2v) is 17.8. The first-order valence-corrected chi connectivity index (χ1v) is 23.1. The summed E-state index contributed by atoms with van der Waals surface area (Å²) in [7, 11) is 0. The Morgan fingerprint density at radius 1 is 0.299 bits per heavy atom. The third-order valence-corrected chi connectivity index (χ3v) is 14.4. The Balaban J connectivity index is 1.06. The molecule has 0 N–H and O–H groups in total. The van der Waals surface area contributed by atoms with Crippen LogP contribution < -0.4 is 9.80 Å². The standard InChI is InChI=1S/C64H41N3/c1-2-21-44(22-3-1)66(59-34-18-33-58-63(59)52-29-12-15-32-57(52)64(58)55-30-13-10-25-48(55)49-26-11-14-31-56(49)64)60-40-53-47-24-7-9-28-51(47)61(41-54(53)46-23-6-8-27-50(46)60)67(62-35-16-17-38-65-62)45-37-36-42-19-4-5-20-43(42)39-45/h1-41H. The SMILES string of the molecule is c1ccc(N(c2cccc3c2-c2ccccc2C32c3ccccc3-c3ccccc32)c2cc3c4ccccc4c(N(c4ccc5ccccc5c4)c4ccccn4)cc3c3ccccc23)cc1. The predicted octanol–water partition coefficient (Wildman–Crippen LogP) is 17.0. The normalized spacial score (nSPS) is 12.9. The molecule has 2 aliphatic rings. The van der Waals surface area contributed by atoms with Gasteiger partial charge in [0.25, 0.3) is 0 Å². The molecule has 1 heterocycles. The van der Waals surface area contributed by atoms with Crippen molar-refractivity contribution in [3.8, 4) is 22.3 Å². The van der Waals surface area contributed by atoms with Crippen LogP contribution in [0.5, 0.6) is 0 Å². The van der Waals surface area contributed by atoms with Crippen LogP contribution in [0.4, 0.5) is 34.3 Å². The molecule has 312 valence electrons.